The van der Waals surface area contributed by atoms with Gasteiger partial charge in [0.05, 0.1) is 10.0 Å². The third-order valence-corrected chi connectivity index (χ3v) is 5.18. The summed E-state index contributed by atoms with van der Waals surface area (Å²) in [5.41, 5.74) is -0.127. The lowest BCUT2D eigenvalue weighted by Crippen LogP contribution is -2.48. The molecule has 5 nitrogen and oxygen atoms in total. The van der Waals surface area contributed by atoms with E-state index in [0.717, 1.165) is 16.3 Å². The first-order chi connectivity index (χ1) is 12.6. The van der Waals surface area contributed by atoms with E-state index < -0.39 is 17.8 Å². The van der Waals surface area contributed by atoms with Crippen LogP contribution in [-0.2, 0) is 19.8 Å². The fourth-order valence-corrected chi connectivity index (χ4v) is 3.29. The zero-order valence-corrected chi connectivity index (χ0v) is 15.9. The fraction of sp³-hybridized carbons (Fsp3) is 0.412. The smallest absolute Gasteiger partial charge is 0.335 e. The second-order valence-corrected chi connectivity index (χ2v) is 7.17. The van der Waals surface area contributed by atoms with Gasteiger partial charge in [-0.3, -0.25) is 14.4 Å². The van der Waals surface area contributed by atoms with Crippen LogP contribution in [0.15, 0.2) is 24.3 Å². The van der Waals surface area contributed by atoms with E-state index in [2.05, 4.69) is 10.00 Å². The Labute approximate surface area is 164 Å². The molecular weight excluding hydrogens is 404 g/mol. The number of alkyl halides is 3. The number of hydrogen-bond donors (Lipinski definition) is 0. The summed E-state index contributed by atoms with van der Waals surface area (Å²) in [6.07, 6.45) is -4.57. The normalized spacial score (nSPS) is 16.0. The minimum absolute atomic E-state index is 0.0692. The summed E-state index contributed by atoms with van der Waals surface area (Å²) in [5.74, 6) is -0.449. The Morgan fingerprint density at radius 1 is 1.11 bits per heavy atom. The zero-order valence-electron chi connectivity index (χ0n) is 14.4. The van der Waals surface area contributed by atoms with Crippen LogP contribution in [0.2, 0.25) is 10.0 Å². The van der Waals surface area contributed by atoms with Crippen molar-refractivity contribution in [3.8, 4) is 0 Å². The summed E-state index contributed by atoms with van der Waals surface area (Å²) < 4.78 is 39.3. The molecule has 2 aromatic rings. The number of aryl methyl sites for hydroxylation is 1. The Bertz CT molecular complexity index is 845. The number of nitrogens with zero attached hydrogens (tertiary/aromatic N) is 4. The zero-order chi connectivity index (χ0) is 19.8. The van der Waals surface area contributed by atoms with Crippen LogP contribution in [0.1, 0.15) is 21.7 Å². The van der Waals surface area contributed by atoms with Gasteiger partial charge in [0.25, 0.3) is 5.91 Å². The first-order valence-electron chi connectivity index (χ1n) is 8.22. The molecule has 0 unspecified atom stereocenters. The molecule has 1 aliphatic rings. The van der Waals surface area contributed by atoms with Crippen LogP contribution in [0.3, 0.4) is 0 Å². The molecule has 1 amide bonds. The fourth-order valence-electron chi connectivity index (χ4n) is 2.97. The third kappa shape index (κ3) is 4.56. The Kier molecular flexibility index (Phi) is 5.69. The predicted molar refractivity (Wildman–Crippen MR) is 95.9 cm³/mol. The number of carbonyl (C=O) groups excluding carboxylic acids is 1. The van der Waals surface area contributed by atoms with Crippen molar-refractivity contribution in [2.24, 2.45) is 7.05 Å². The minimum Gasteiger partial charge on any atom is -0.335 e. The van der Waals surface area contributed by atoms with E-state index in [4.69, 9.17) is 23.2 Å². The maximum Gasteiger partial charge on any atom is 0.435 e. The molecule has 1 aromatic heterocycles. The van der Waals surface area contributed by atoms with Crippen molar-refractivity contribution in [2.45, 2.75) is 12.7 Å². The van der Waals surface area contributed by atoms with Crippen molar-refractivity contribution in [1.82, 2.24) is 19.6 Å². The SMILES string of the molecule is Cn1nc(C(F)(F)F)cc1C(=O)N1CCN(Cc2ccc(Cl)c(Cl)c2)CC1. The third-order valence-electron chi connectivity index (χ3n) is 4.44. The van der Waals surface area contributed by atoms with Gasteiger partial charge in [-0.25, -0.2) is 0 Å². The molecular formula is C17H17Cl2F3N4O. The molecule has 2 heterocycles. The molecule has 0 saturated carbocycles. The first-order valence-corrected chi connectivity index (χ1v) is 8.97. The van der Waals surface area contributed by atoms with Gasteiger partial charge in [0, 0.05) is 45.8 Å². The Balaban J connectivity index is 1.61. The Morgan fingerprint density at radius 3 is 2.33 bits per heavy atom. The van der Waals surface area contributed by atoms with Gasteiger partial charge in [-0.1, -0.05) is 29.3 Å². The molecule has 0 spiro atoms. The van der Waals surface area contributed by atoms with Crippen molar-refractivity contribution >= 4 is 29.1 Å². The van der Waals surface area contributed by atoms with E-state index in [-0.39, 0.29) is 5.69 Å². The van der Waals surface area contributed by atoms with Gasteiger partial charge >= 0.3 is 6.18 Å². The lowest BCUT2D eigenvalue weighted by molar-refractivity contribution is -0.141. The van der Waals surface area contributed by atoms with Crippen LogP contribution in [-0.4, -0.2) is 51.7 Å². The topological polar surface area (TPSA) is 41.4 Å². The number of amides is 1. The highest BCUT2D eigenvalue weighted by atomic mass is 35.5. The summed E-state index contributed by atoms with van der Waals surface area (Å²) in [6, 6.07) is 6.22. The summed E-state index contributed by atoms with van der Waals surface area (Å²) in [4.78, 5) is 16.2. The summed E-state index contributed by atoms with van der Waals surface area (Å²) in [7, 11) is 1.34. The van der Waals surface area contributed by atoms with Gasteiger partial charge in [-0.2, -0.15) is 18.3 Å². The molecule has 10 heteroatoms. The number of carbonyl (C=O) groups is 1. The van der Waals surface area contributed by atoms with E-state index >= 15 is 0 Å². The molecule has 1 saturated heterocycles. The number of aromatic nitrogens is 2. The molecule has 0 atom stereocenters. The summed E-state index contributed by atoms with van der Waals surface area (Å²) in [6.45, 7) is 2.72. The van der Waals surface area contributed by atoms with Gasteiger partial charge in [0.15, 0.2) is 5.69 Å². The number of hydrogen-bond acceptors (Lipinski definition) is 3. The average Bonchev–Trinajstić information content (AvgIpc) is 3.00. The van der Waals surface area contributed by atoms with Gasteiger partial charge in [0.2, 0.25) is 0 Å². The Morgan fingerprint density at radius 2 is 1.78 bits per heavy atom. The number of benzene rings is 1. The van der Waals surface area contributed by atoms with Crippen molar-refractivity contribution in [1.29, 1.82) is 0 Å². The van der Waals surface area contributed by atoms with Crippen molar-refractivity contribution in [3.05, 3.63) is 51.3 Å². The standard InChI is InChI=1S/C17H17Cl2F3N4O/c1-24-14(9-15(23-24)17(20,21)22)16(27)26-6-4-25(5-7-26)10-11-2-3-12(18)13(19)8-11/h2-3,8-9H,4-7,10H2,1H3. The number of piperazine rings is 1. The van der Waals surface area contributed by atoms with E-state index in [1.54, 1.807) is 17.0 Å². The molecule has 1 fully saturated rings. The predicted octanol–water partition coefficient (Wildman–Crippen LogP) is 3.70. The molecule has 1 aromatic carbocycles. The molecule has 0 radical (unpaired) electrons. The first kappa shape index (κ1) is 20.0. The molecule has 27 heavy (non-hydrogen) atoms. The largest absolute Gasteiger partial charge is 0.435 e. The van der Waals surface area contributed by atoms with Gasteiger partial charge in [0.1, 0.15) is 5.69 Å². The lowest BCUT2D eigenvalue weighted by atomic mass is 10.2. The average molecular weight is 421 g/mol. The van der Waals surface area contributed by atoms with Crippen molar-refractivity contribution in [2.75, 3.05) is 26.2 Å². The lowest BCUT2D eigenvalue weighted by Gasteiger charge is -2.34. The van der Waals surface area contributed by atoms with Crippen LogP contribution >= 0.6 is 23.2 Å². The molecule has 146 valence electrons. The van der Waals surface area contributed by atoms with E-state index in [9.17, 15) is 18.0 Å². The molecule has 3 rings (SSSR count). The Hall–Kier alpha value is -1.77. The monoisotopic (exact) mass is 420 g/mol. The molecule has 0 aliphatic carbocycles. The van der Waals surface area contributed by atoms with Crippen molar-refractivity contribution < 1.29 is 18.0 Å². The second kappa shape index (κ2) is 7.69. The number of rotatable bonds is 3. The maximum atomic E-state index is 12.8. The van der Waals surface area contributed by atoms with E-state index in [1.807, 2.05) is 6.07 Å². The number of halogens is 5. The maximum absolute atomic E-state index is 12.8. The van der Waals surface area contributed by atoms with E-state index in [0.29, 0.717) is 42.8 Å². The van der Waals surface area contributed by atoms with Gasteiger partial charge in [-0.15, -0.1) is 0 Å². The summed E-state index contributed by atoms with van der Waals surface area (Å²) >= 11 is 11.9. The highest BCUT2D eigenvalue weighted by Gasteiger charge is 2.36. The van der Waals surface area contributed by atoms with Crippen LogP contribution in [0.4, 0.5) is 13.2 Å². The second-order valence-electron chi connectivity index (χ2n) is 6.35. The summed E-state index contributed by atoms with van der Waals surface area (Å²) in [5, 5.41) is 4.37. The molecule has 1 aliphatic heterocycles. The molecule has 0 bridgehead atoms. The van der Waals surface area contributed by atoms with Crippen LogP contribution in [0, 0.1) is 0 Å². The minimum atomic E-state index is -4.57. The highest BCUT2D eigenvalue weighted by Crippen LogP contribution is 2.29. The van der Waals surface area contributed by atoms with Gasteiger partial charge < -0.3 is 4.90 Å². The van der Waals surface area contributed by atoms with Crippen LogP contribution in [0.5, 0.6) is 0 Å². The highest BCUT2D eigenvalue weighted by molar-refractivity contribution is 6.42. The van der Waals surface area contributed by atoms with Gasteiger partial charge in [-0.05, 0) is 17.7 Å². The van der Waals surface area contributed by atoms with Crippen molar-refractivity contribution in [3.63, 3.8) is 0 Å². The van der Waals surface area contributed by atoms with Crippen LogP contribution < -0.4 is 0 Å². The quantitative estimate of drug-likeness (QED) is 0.759. The van der Waals surface area contributed by atoms with Crippen LogP contribution in [0.25, 0.3) is 0 Å². The molecule has 0 N–H and O–H groups in total. The van der Waals surface area contributed by atoms with E-state index in [1.165, 1.54) is 7.05 Å².